The summed E-state index contributed by atoms with van der Waals surface area (Å²) < 4.78 is 5.34. The first-order chi connectivity index (χ1) is 15.0. The predicted octanol–water partition coefficient (Wildman–Crippen LogP) is 2.03. The number of ether oxygens (including phenoxy) is 1. The molecule has 1 aromatic carbocycles. The van der Waals surface area contributed by atoms with Gasteiger partial charge in [-0.25, -0.2) is 9.97 Å². The molecule has 1 amide bonds. The molecule has 0 bridgehead atoms. The Hall–Kier alpha value is -3.49. The highest BCUT2D eigenvalue weighted by atomic mass is 16.5. The van der Waals surface area contributed by atoms with Crippen molar-refractivity contribution < 1.29 is 9.53 Å². The van der Waals surface area contributed by atoms with E-state index in [2.05, 4.69) is 25.1 Å². The molecular weight excluding hydrogens is 394 g/mol. The van der Waals surface area contributed by atoms with Crippen molar-refractivity contribution in [1.29, 1.82) is 0 Å². The van der Waals surface area contributed by atoms with E-state index in [1.54, 1.807) is 37.7 Å². The summed E-state index contributed by atoms with van der Waals surface area (Å²) in [5.74, 6) is 1.90. The van der Waals surface area contributed by atoms with Gasteiger partial charge in [-0.2, -0.15) is 15.0 Å². The van der Waals surface area contributed by atoms with Gasteiger partial charge in [0.25, 0.3) is 5.91 Å². The zero-order valence-electron chi connectivity index (χ0n) is 17.9. The average molecular weight is 419 g/mol. The summed E-state index contributed by atoms with van der Waals surface area (Å²) in [5, 5.41) is 8.42. The van der Waals surface area contributed by atoms with Crippen LogP contribution in [-0.2, 0) is 0 Å². The summed E-state index contributed by atoms with van der Waals surface area (Å²) in [6.45, 7) is 6.39. The molecular formula is C22H25N7O2. The number of rotatable bonds is 4. The Morgan fingerprint density at radius 1 is 1.06 bits per heavy atom. The summed E-state index contributed by atoms with van der Waals surface area (Å²) in [7, 11) is 1.60. The molecule has 2 aliphatic rings. The number of anilines is 1. The van der Waals surface area contributed by atoms with Crippen molar-refractivity contribution in [3.63, 3.8) is 0 Å². The Labute approximate surface area is 180 Å². The third kappa shape index (κ3) is 3.49. The first-order valence-electron chi connectivity index (χ1n) is 10.5. The number of methoxy groups -OCH3 is 1. The maximum absolute atomic E-state index is 13.5. The molecule has 4 heterocycles. The molecule has 0 saturated carbocycles. The normalized spacial score (nSPS) is 20.2. The van der Waals surface area contributed by atoms with Gasteiger partial charge in [0.05, 0.1) is 31.1 Å². The van der Waals surface area contributed by atoms with Gasteiger partial charge in [0.2, 0.25) is 5.95 Å². The second-order valence-corrected chi connectivity index (χ2v) is 8.17. The lowest BCUT2D eigenvalue weighted by Crippen LogP contribution is -2.66. The molecule has 9 nitrogen and oxygen atoms in total. The van der Waals surface area contributed by atoms with E-state index in [9.17, 15) is 4.79 Å². The number of likely N-dealkylation sites (tertiary alicyclic amines) is 1. The third-order valence-corrected chi connectivity index (χ3v) is 6.14. The molecule has 2 atom stereocenters. The Balaban J connectivity index is 1.40. The molecule has 2 fully saturated rings. The van der Waals surface area contributed by atoms with Gasteiger partial charge in [-0.05, 0) is 38.5 Å². The van der Waals surface area contributed by atoms with Gasteiger partial charge in [0, 0.05) is 43.0 Å². The molecule has 2 saturated heterocycles. The number of hydrogen-bond acceptors (Lipinski definition) is 7. The lowest BCUT2D eigenvalue weighted by atomic mass is 9.81. The number of fused-ring (bicyclic) bond motifs is 1. The highest BCUT2D eigenvalue weighted by Gasteiger charge is 2.46. The standard InChI is InChI=1S/C22H25N7O2/c1-14-10-15(2)26-22(25-14)27-9-6-16-12-28(20(16)13-27)21(30)18-5-4-17(31-3)11-19(18)29-23-7-8-24-29/h4-5,7-8,10-11,16,20H,6,9,12-13H2,1-3H3/t16-,20-/m1/s1. The topological polar surface area (TPSA) is 89.3 Å². The number of amides is 1. The second kappa shape index (κ2) is 7.64. The van der Waals surface area contributed by atoms with Crippen molar-refractivity contribution in [1.82, 2.24) is 29.9 Å². The highest BCUT2D eigenvalue weighted by molar-refractivity contribution is 5.98. The van der Waals surface area contributed by atoms with Gasteiger partial charge in [-0.15, -0.1) is 0 Å². The Bertz CT molecular complexity index is 1090. The summed E-state index contributed by atoms with van der Waals surface area (Å²) in [6.07, 6.45) is 4.22. The number of benzene rings is 1. The third-order valence-electron chi connectivity index (χ3n) is 6.14. The van der Waals surface area contributed by atoms with Gasteiger partial charge < -0.3 is 14.5 Å². The minimum absolute atomic E-state index is 0.0144. The first kappa shape index (κ1) is 19.5. The molecule has 0 aliphatic carbocycles. The monoisotopic (exact) mass is 419 g/mol. The van der Waals surface area contributed by atoms with Crippen molar-refractivity contribution in [2.75, 3.05) is 31.6 Å². The van der Waals surface area contributed by atoms with Crippen LogP contribution in [-0.4, -0.2) is 68.6 Å². The zero-order chi connectivity index (χ0) is 21.5. The predicted molar refractivity (Wildman–Crippen MR) is 115 cm³/mol. The molecule has 160 valence electrons. The number of hydrogen-bond donors (Lipinski definition) is 0. The van der Waals surface area contributed by atoms with E-state index in [0.717, 1.165) is 43.4 Å². The summed E-state index contributed by atoms with van der Waals surface area (Å²) in [6, 6.07) is 7.51. The van der Waals surface area contributed by atoms with Gasteiger partial charge in [0.1, 0.15) is 11.4 Å². The molecule has 31 heavy (non-hydrogen) atoms. The van der Waals surface area contributed by atoms with Crippen LogP contribution < -0.4 is 9.64 Å². The number of carbonyl (C=O) groups is 1. The largest absolute Gasteiger partial charge is 0.497 e. The maximum Gasteiger partial charge on any atom is 0.256 e. The molecule has 5 rings (SSSR count). The SMILES string of the molecule is COc1ccc(C(=O)N2C[C@H]3CCN(c4nc(C)cc(C)n4)C[C@H]32)c(-n2nccn2)c1. The van der Waals surface area contributed by atoms with E-state index in [4.69, 9.17) is 4.74 Å². The van der Waals surface area contributed by atoms with Gasteiger partial charge >= 0.3 is 0 Å². The van der Waals surface area contributed by atoms with Crippen LogP contribution in [0.15, 0.2) is 36.7 Å². The van der Waals surface area contributed by atoms with E-state index < -0.39 is 0 Å². The van der Waals surface area contributed by atoms with E-state index in [0.29, 0.717) is 22.9 Å². The molecule has 2 aliphatic heterocycles. The molecule has 9 heteroatoms. The van der Waals surface area contributed by atoms with Crippen LogP contribution in [0.1, 0.15) is 28.2 Å². The minimum atomic E-state index is -0.0144. The maximum atomic E-state index is 13.5. The molecule has 0 unspecified atom stereocenters. The lowest BCUT2D eigenvalue weighted by molar-refractivity contribution is 0.00765. The average Bonchev–Trinajstić information content (AvgIpc) is 3.28. The lowest BCUT2D eigenvalue weighted by Gasteiger charge is -2.53. The van der Waals surface area contributed by atoms with E-state index in [1.165, 1.54) is 4.80 Å². The van der Waals surface area contributed by atoms with E-state index in [1.807, 2.05) is 24.8 Å². The van der Waals surface area contributed by atoms with Crippen LogP contribution in [0.4, 0.5) is 5.95 Å². The Morgan fingerprint density at radius 2 is 1.81 bits per heavy atom. The van der Waals surface area contributed by atoms with Crippen LogP contribution in [0.25, 0.3) is 5.69 Å². The number of piperidine rings is 1. The van der Waals surface area contributed by atoms with Crippen molar-refractivity contribution in [3.8, 4) is 11.4 Å². The van der Waals surface area contributed by atoms with Crippen molar-refractivity contribution in [2.45, 2.75) is 26.3 Å². The first-order valence-corrected chi connectivity index (χ1v) is 10.5. The molecule has 0 spiro atoms. The van der Waals surface area contributed by atoms with Crippen LogP contribution in [0.3, 0.4) is 0 Å². The number of nitrogens with zero attached hydrogens (tertiary/aromatic N) is 7. The fourth-order valence-corrected chi connectivity index (χ4v) is 4.54. The van der Waals surface area contributed by atoms with Crippen LogP contribution in [0, 0.1) is 19.8 Å². The van der Waals surface area contributed by atoms with Crippen molar-refractivity contribution in [3.05, 3.63) is 53.6 Å². The molecule has 0 N–H and O–H groups in total. The van der Waals surface area contributed by atoms with Crippen LogP contribution in [0.5, 0.6) is 5.75 Å². The van der Waals surface area contributed by atoms with E-state index in [-0.39, 0.29) is 11.9 Å². The molecule has 3 aromatic rings. The number of aromatic nitrogens is 5. The van der Waals surface area contributed by atoms with E-state index >= 15 is 0 Å². The molecule has 2 aromatic heterocycles. The second-order valence-electron chi connectivity index (χ2n) is 8.17. The van der Waals surface area contributed by atoms with Crippen molar-refractivity contribution >= 4 is 11.9 Å². The van der Waals surface area contributed by atoms with Crippen LogP contribution >= 0.6 is 0 Å². The summed E-state index contributed by atoms with van der Waals surface area (Å²) in [5.41, 5.74) is 3.10. The quantitative estimate of drug-likeness (QED) is 0.639. The summed E-state index contributed by atoms with van der Waals surface area (Å²) >= 11 is 0. The highest BCUT2D eigenvalue weighted by Crippen LogP contribution is 2.35. The fourth-order valence-electron chi connectivity index (χ4n) is 4.54. The fraction of sp³-hybridized carbons (Fsp3) is 0.409. The number of aryl methyl sites for hydroxylation is 2. The van der Waals surface area contributed by atoms with Crippen molar-refractivity contribution in [2.24, 2.45) is 5.92 Å². The number of carbonyl (C=O) groups excluding carboxylic acids is 1. The Kier molecular flexibility index (Phi) is 4.80. The smallest absolute Gasteiger partial charge is 0.256 e. The zero-order valence-corrected chi connectivity index (χ0v) is 17.9. The Morgan fingerprint density at radius 3 is 2.52 bits per heavy atom. The summed E-state index contributed by atoms with van der Waals surface area (Å²) in [4.78, 5) is 28.4. The minimum Gasteiger partial charge on any atom is -0.497 e. The van der Waals surface area contributed by atoms with Gasteiger partial charge in [0.15, 0.2) is 0 Å². The molecule has 0 radical (unpaired) electrons. The van der Waals surface area contributed by atoms with Gasteiger partial charge in [-0.1, -0.05) is 0 Å². The van der Waals surface area contributed by atoms with Crippen LogP contribution in [0.2, 0.25) is 0 Å². The van der Waals surface area contributed by atoms with Gasteiger partial charge in [-0.3, -0.25) is 4.79 Å².